The number of amides is 1. The number of benzene rings is 1. The van der Waals surface area contributed by atoms with E-state index in [-0.39, 0.29) is 23.4 Å². The highest BCUT2D eigenvalue weighted by Crippen LogP contribution is 2.36. The number of carbonyl (C=O) groups excluding carboxylic acids is 1. The van der Waals surface area contributed by atoms with Crippen LogP contribution in [-0.2, 0) is 17.8 Å². The van der Waals surface area contributed by atoms with Gasteiger partial charge in [0, 0.05) is 60.5 Å². The Balaban J connectivity index is 1.40. The second-order valence-corrected chi connectivity index (χ2v) is 9.26. The van der Waals surface area contributed by atoms with Gasteiger partial charge in [0.15, 0.2) is 0 Å². The minimum atomic E-state index is -0.622. The van der Waals surface area contributed by atoms with Gasteiger partial charge in [0.1, 0.15) is 0 Å². The predicted molar refractivity (Wildman–Crippen MR) is 121 cm³/mol. The van der Waals surface area contributed by atoms with Gasteiger partial charge >= 0.3 is 11.2 Å². The van der Waals surface area contributed by atoms with E-state index in [1.54, 1.807) is 10.6 Å². The number of nitro groups is 1. The molecule has 0 radical (unpaired) electrons. The molecule has 0 saturated carbocycles. The Bertz CT molecular complexity index is 1290. The molecule has 2 aromatic heterocycles. The first-order valence-electron chi connectivity index (χ1n) is 11.1. The lowest BCUT2D eigenvalue weighted by Gasteiger charge is -2.42. The van der Waals surface area contributed by atoms with Gasteiger partial charge in [-0.25, -0.2) is 0 Å². The summed E-state index contributed by atoms with van der Waals surface area (Å²) in [5.41, 5.74) is 2.04. The zero-order valence-electron chi connectivity index (χ0n) is 18.2. The lowest BCUT2D eigenvalue weighted by atomic mass is 9.83. The van der Waals surface area contributed by atoms with E-state index >= 15 is 0 Å². The molecule has 0 spiro atoms. The first-order chi connectivity index (χ1) is 15.3. The third-order valence-corrected chi connectivity index (χ3v) is 6.85. The van der Waals surface area contributed by atoms with Crippen LogP contribution in [0.1, 0.15) is 43.5 Å². The largest absolute Gasteiger partial charge is 0.345 e. The van der Waals surface area contributed by atoms with E-state index in [0.717, 1.165) is 28.6 Å². The maximum Gasteiger partial charge on any atom is 0.334 e. The Labute approximate surface area is 185 Å². The van der Waals surface area contributed by atoms with E-state index in [1.807, 2.05) is 17.0 Å². The molecule has 1 saturated heterocycles. The Morgan fingerprint density at radius 3 is 2.69 bits per heavy atom. The van der Waals surface area contributed by atoms with Gasteiger partial charge in [-0.1, -0.05) is 18.2 Å². The minimum absolute atomic E-state index is 0.0250. The van der Waals surface area contributed by atoms with Gasteiger partial charge in [-0.05, 0) is 43.9 Å². The number of piperidine rings is 1. The molecule has 1 fully saturated rings. The molecule has 166 valence electrons. The van der Waals surface area contributed by atoms with Crippen molar-refractivity contribution < 1.29 is 9.72 Å². The average molecular weight is 434 g/mol. The third-order valence-electron chi connectivity index (χ3n) is 6.85. The molecule has 0 unspecified atom stereocenters. The van der Waals surface area contributed by atoms with Crippen molar-refractivity contribution in [3.05, 3.63) is 74.3 Å². The number of pyridine rings is 1. The van der Waals surface area contributed by atoms with Crippen LogP contribution in [0.2, 0.25) is 0 Å². The smallest absolute Gasteiger partial charge is 0.334 e. The van der Waals surface area contributed by atoms with E-state index in [4.69, 9.17) is 0 Å². The fourth-order valence-electron chi connectivity index (χ4n) is 5.40. The molecule has 3 aromatic rings. The number of aromatic nitrogens is 2. The standard InChI is InChI=1S/C24H26N4O4/c1-15(2)26-14-17(19-5-3-4-6-21(19)26)10-23(29)25-11-16-9-18(13-25)20-7-8-22(28(31)32)24(30)27(20)12-16/h3-8,14-16,18H,9-13H2,1-2H3/t16-,18+/m1/s1. The normalized spacial score (nSPS) is 19.9. The molecule has 8 nitrogen and oxygen atoms in total. The van der Waals surface area contributed by atoms with Crippen LogP contribution in [0.4, 0.5) is 5.69 Å². The van der Waals surface area contributed by atoms with Crippen molar-refractivity contribution >= 4 is 22.5 Å². The summed E-state index contributed by atoms with van der Waals surface area (Å²) in [5, 5.41) is 12.3. The zero-order valence-corrected chi connectivity index (χ0v) is 18.2. The van der Waals surface area contributed by atoms with Crippen LogP contribution in [-0.4, -0.2) is 38.0 Å². The van der Waals surface area contributed by atoms with Crippen LogP contribution in [0, 0.1) is 16.0 Å². The van der Waals surface area contributed by atoms with Crippen LogP contribution in [0.25, 0.3) is 10.9 Å². The molecule has 2 aliphatic heterocycles. The van der Waals surface area contributed by atoms with Gasteiger partial charge in [-0.2, -0.15) is 0 Å². The molecule has 1 aromatic carbocycles. The summed E-state index contributed by atoms with van der Waals surface area (Å²) >= 11 is 0. The summed E-state index contributed by atoms with van der Waals surface area (Å²) in [5.74, 6) is 0.239. The second-order valence-electron chi connectivity index (χ2n) is 9.26. The third kappa shape index (κ3) is 3.30. The van der Waals surface area contributed by atoms with Gasteiger partial charge in [0.05, 0.1) is 11.3 Å². The fraction of sp³-hybridized carbons (Fsp3) is 0.417. The molecule has 1 amide bonds. The second kappa shape index (κ2) is 7.62. The molecule has 0 N–H and O–H groups in total. The van der Waals surface area contributed by atoms with E-state index in [1.165, 1.54) is 6.07 Å². The molecule has 2 aliphatic rings. The van der Waals surface area contributed by atoms with E-state index < -0.39 is 10.5 Å². The molecule has 2 bridgehead atoms. The fourth-order valence-corrected chi connectivity index (χ4v) is 5.40. The molecule has 2 atom stereocenters. The number of carbonyl (C=O) groups is 1. The summed E-state index contributed by atoms with van der Waals surface area (Å²) < 4.78 is 3.76. The summed E-state index contributed by atoms with van der Waals surface area (Å²) in [4.78, 5) is 38.3. The maximum atomic E-state index is 13.3. The van der Waals surface area contributed by atoms with Gasteiger partial charge in [0.2, 0.25) is 5.91 Å². The SMILES string of the molecule is CC(C)n1cc(CC(=O)N2C[C@H]3C[C@@H](C2)c2ccc([N+](=O)[O-])c(=O)n2C3)c2ccccc21. The van der Waals surface area contributed by atoms with Crippen molar-refractivity contribution in [2.24, 2.45) is 5.92 Å². The first-order valence-corrected chi connectivity index (χ1v) is 11.1. The highest BCUT2D eigenvalue weighted by atomic mass is 16.6. The van der Waals surface area contributed by atoms with Crippen LogP contribution in [0.15, 0.2) is 47.4 Å². The van der Waals surface area contributed by atoms with Crippen molar-refractivity contribution in [2.45, 2.75) is 45.2 Å². The first kappa shape index (κ1) is 20.5. The summed E-state index contributed by atoms with van der Waals surface area (Å²) in [6, 6.07) is 11.5. The van der Waals surface area contributed by atoms with E-state index in [0.29, 0.717) is 32.1 Å². The Morgan fingerprint density at radius 2 is 1.94 bits per heavy atom. The van der Waals surface area contributed by atoms with E-state index in [9.17, 15) is 19.7 Å². The zero-order chi connectivity index (χ0) is 22.6. The van der Waals surface area contributed by atoms with Gasteiger partial charge < -0.3 is 14.0 Å². The molecule has 32 heavy (non-hydrogen) atoms. The summed E-state index contributed by atoms with van der Waals surface area (Å²) in [7, 11) is 0. The van der Waals surface area contributed by atoms with Crippen LogP contribution < -0.4 is 5.56 Å². The maximum absolute atomic E-state index is 13.3. The van der Waals surface area contributed by atoms with E-state index in [2.05, 4.69) is 36.7 Å². The molecule has 4 heterocycles. The van der Waals surface area contributed by atoms with Gasteiger partial charge in [0.25, 0.3) is 0 Å². The topological polar surface area (TPSA) is 90.4 Å². The lowest BCUT2D eigenvalue weighted by Crippen LogP contribution is -2.49. The number of nitrogens with zero attached hydrogens (tertiary/aromatic N) is 4. The van der Waals surface area contributed by atoms with Crippen LogP contribution in [0.3, 0.4) is 0 Å². The van der Waals surface area contributed by atoms with Crippen molar-refractivity contribution in [3.63, 3.8) is 0 Å². The summed E-state index contributed by atoms with van der Waals surface area (Å²) in [6.07, 6.45) is 3.33. The number of rotatable bonds is 4. The molecular weight excluding hydrogens is 408 g/mol. The van der Waals surface area contributed by atoms with Crippen molar-refractivity contribution in [3.8, 4) is 0 Å². The molecular formula is C24H26N4O4. The number of hydrogen-bond acceptors (Lipinski definition) is 4. The predicted octanol–water partition coefficient (Wildman–Crippen LogP) is 3.48. The van der Waals surface area contributed by atoms with Crippen LogP contribution >= 0.6 is 0 Å². The van der Waals surface area contributed by atoms with Crippen molar-refractivity contribution in [1.29, 1.82) is 0 Å². The van der Waals surface area contributed by atoms with Gasteiger partial charge in [-0.15, -0.1) is 0 Å². The highest BCUT2D eigenvalue weighted by Gasteiger charge is 2.37. The Morgan fingerprint density at radius 1 is 1.16 bits per heavy atom. The quantitative estimate of drug-likeness (QED) is 0.464. The number of para-hydroxylation sites is 1. The molecule has 5 rings (SSSR count). The number of fused-ring (bicyclic) bond motifs is 5. The van der Waals surface area contributed by atoms with Crippen LogP contribution in [0.5, 0.6) is 0 Å². The summed E-state index contributed by atoms with van der Waals surface area (Å²) in [6.45, 7) is 5.80. The molecule has 0 aliphatic carbocycles. The lowest BCUT2D eigenvalue weighted by molar-refractivity contribution is -0.386. The number of hydrogen-bond donors (Lipinski definition) is 0. The van der Waals surface area contributed by atoms with Crippen molar-refractivity contribution in [1.82, 2.24) is 14.0 Å². The van der Waals surface area contributed by atoms with Gasteiger partial charge in [-0.3, -0.25) is 19.7 Å². The monoisotopic (exact) mass is 434 g/mol. The Kier molecular flexibility index (Phi) is 4.87. The highest BCUT2D eigenvalue weighted by molar-refractivity contribution is 5.89. The Hall–Kier alpha value is -3.42. The van der Waals surface area contributed by atoms with Crippen molar-refractivity contribution in [2.75, 3.05) is 13.1 Å². The molecule has 8 heteroatoms. The average Bonchev–Trinajstić information content (AvgIpc) is 3.13. The minimum Gasteiger partial charge on any atom is -0.345 e. The number of likely N-dealkylation sites (tertiary alicyclic amines) is 1.